The summed E-state index contributed by atoms with van der Waals surface area (Å²) in [6, 6.07) is 23.3. The highest BCUT2D eigenvalue weighted by Gasteiger charge is 2.08. The molecule has 0 spiro atoms. The summed E-state index contributed by atoms with van der Waals surface area (Å²) in [6.45, 7) is 2.45. The number of nitrogens with zero attached hydrogens (tertiary/aromatic N) is 1. The Morgan fingerprint density at radius 2 is 1.66 bits per heavy atom. The molecule has 4 rings (SSSR count). The fourth-order valence-electron chi connectivity index (χ4n) is 3.16. The Morgan fingerprint density at radius 1 is 0.969 bits per heavy atom. The predicted octanol–water partition coefficient (Wildman–Crippen LogP) is 7.10. The minimum atomic E-state index is -0.0818. The van der Waals surface area contributed by atoms with Crippen LogP contribution in [-0.4, -0.2) is 17.5 Å². The summed E-state index contributed by atoms with van der Waals surface area (Å²) in [6.07, 6.45) is 1.28. The van der Waals surface area contributed by atoms with Crippen LogP contribution in [0.25, 0.3) is 21.8 Å². The van der Waals surface area contributed by atoms with Crippen molar-refractivity contribution in [2.45, 2.75) is 19.8 Å². The van der Waals surface area contributed by atoms with E-state index in [0.717, 1.165) is 39.7 Å². The molecule has 0 fully saturated rings. The van der Waals surface area contributed by atoms with E-state index in [0.29, 0.717) is 11.6 Å². The number of nitrogens with one attached hydrogen (secondary N) is 1. The predicted molar refractivity (Wildman–Crippen MR) is 133 cm³/mol. The number of hydrogen-bond acceptors (Lipinski definition) is 4. The van der Waals surface area contributed by atoms with Gasteiger partial charge in [-0.1, -0.05) is 54.9 Å². The summed E-state index contributed by atoms with van der Waals surface area (Å²) in [7, 11) is 0. The Hall–Kier alpha value is -3.15. The van der Waals surface area contributed by atoms with Gasteiger partial charge in [0.15, 0.2) is 0 Å². The van der Waals surface area contributed by atoms with Crippen LogP contribution in [0.2, 0.25) is 5.02 Å². The van der Waals surface area contributed by atoms with Crippen LogP contribution in [0.3, 0.4) is 0 Å². The molecule has 4 nitrogen and oxygen atoms in total. The van der Waals surface area contributed by atoms with Crippen LogP contribution in [0.5, 0.6) is 5.75 Å². The Labute approximate surface area is 196 Å². The van der Waals surface area contributed by atoms with Gasteiger partial charge < -0.3 is 10.1 Å². The van der Waals surface area contributed by atoms with Crippen molar-refractivity contribution in [3.63, 3.8) is 0 Å². The molecule has 32 heavy (non-hydrogen) atoms. The average Bonchev–Trinajstić information content (AvgIpc) is 3.31. The van der Waals surface area contributed by atoms with Crippen LogP contribution < -0.4 is 10.1 Å². The third-order valence-corrected chi connectivity index (χ3v) is 6.13. The summed E-state index contributed by atoms with van der Waals surface area (Å²) in [5.74, 6) is 0.696. The number of benzene rings is 3. The molecular weight excluding hydrogens is 440 g/mol. The Kier molecular flexibility index (Phi) is 7.20. The van der Waals surface area contributed by atoms with Crippen LogP contribution in [0.15, 0.2) is 78.2 Å². The molecule has 3 aromatic carbocycles. The summed E-state index contributed by atoms with van der Waals surface area (Å²) in [4.78, 5) is 17.0. The number of aryl methyl sites for hydroxylation is 1. The first kappa shape index (κ1) is 22.1. The van der Waals surface area contributed by atoms with Gasteiger partial charge in [0.25, 0.3) is 0 Å². The van der Waals surface area contributed by atoms with Gasteiger partial charge in [-0.15, -0.1) is 11.3 Å². The number of halogens is 1. The molecule has 0 aliphatic heterocycles. The maximum atomic E-state index is 12.2. The molecule has 0 atom stereocenters. The van der Waals surface area contributed by atoms with E-state index in [-0.39, 0.29) is 12.3 Å². The quantitative estimate of drug-likeness (QED) is 0.304. The fraction of sp³-hybridized carbons (Fsp3) is 0.154. The van der Waals surface area contributed by atoms with E-state index in [4.69, 9.17) is 21.3 Å². The molecule has 162 valence electrons. The molecule has 0 saturated carbocycles. The first-order chi connectivity index (χ1) is 15.6. The molecule has 0 aliphatic carbocycles. The second-order valence-corrected chi connectivity index (χ2v) is 8.56. The van der Waals surface area contributed by atoms with Crippen LogP contribution in [0, 0.1) is 0 Å². The van der Waals surface area contributed by atoms with Crippen LogP contribution in [-0.2, 0) is 11.2 Å². The molecule has 1 heterocycles. The lowest BCUT2D eigenvalue weighted by Gasteiger charge is -2.08. The molecule has 0 unspecified atom stereocenters. The normalized spacial score (nSPS) is 10.7. The summed E-state index contributed by atoms with van der Waals surface area (Å²) < 4.78 is 5.66. The smallest absolute Gasteiger partial charge is 0.227 e. The number of carbonyl (C=O) groups excluding carboxylic acids is 1. The number of ether oxygens (including phenoxy) is 1. The summed E-state index contributed by atoms with van der Waals surface area (Å²) in [5.41, 5.74) is 4.95. The molecule has 1 amide bonds. The number of rotatable bonds is 8. The summed E-state index contributed by atoms with van der Waals surface area (Å²) in [5, 5.41) is 6.59. The van der Waals surface area contributed by atoms with E-state index < -0.39 is 0 Å². The number of hydrogen-bond donors (Lipinski definition) is 1. The Bertz CT molecular complexity index is 1170. The maximum absolute atomic E-state index is 12.2. The largest absolute Gasteiger partial charge is 0.493 e. The first-order valence-electron chi connectivity index (χ1n) is 10.4. The minimum absolute atomic E-state index is 0.0818. The summed E-state index contributed by atoms with van der Waals surface area (Å²) >= 11 is 7.55. The van der Waals surface area contributed by atoms with E-state index in [1.54, 1.807) is 11.3 Å². The van der Waals surface area contributed by atoms with Crippen molar-refractivity contribution < 1.29 is 9.53 Å². The molecule has 4 aromatic rings. The highest BCUT2D eigenvalue weighted by atomic mass is 35.5. The standard InChI is InChI=1S/C26H23ClN2O2S/c1-2-18-3-13-23(14-4-18)31-16-15-25(30)28-22-11-7-19(8-12-22)24-17-32-26(29-24)20-5-9-21(27)10-6-20/h3-14,17H,2,15-16H2,1H3,(H,28,30). The first-order valence-corrected chi connectivity index (χ1v) is 11.7. The highest BCUT2D eigenvalue weighted by molar-refractivity contribution is 7.13. The lowest BCUT2D eigenvalue weighted by molar-refractivity contribution is -0.116. The molecule has 0 aliphatic rings. The van der Waals surface area contributed by atoms with Gasteiger partial charge in [-0.3, -0.25) is 4.79 Å². The topological polar surface area (TPSA) is 51.2 Å². The molecular formula is C26H23ClN2O2S. The molecule has 0 radical (unpaired) electrons. The van der Waals surface area contributed by atoms with Crippen molar-refractivity contribution >= 4 is 34.5 Å². The van der Waals surface area contributed by atoms with Gasteiger partial charge in [0.05, 0.1) is 18.7 Å². The van der Waals surface area contributed by atoms with E-state index in [1.807, 2.05) is 78.2 Å². The number of carbonyl (C=O) groups is 1. The van der Waals surface area contributed by atoms with Gasteiger partial charge in [-0.2, -0.15) is 0 Å². The monoisotopic (exact) mass is 462 g/mol. The van der Waals surface area contributed by atoms with E-state index >= 15 is 0 Å². The molecule has 1 aromatic heterocycles. The zero-order valence-electron chi connectivity index (χ0n) is 17.7. The number of anilines is 1. The van der Waals surface area contributed by atoms with Gasteiger partial charge >= 0.3 is 0 Å². The second-order valence-electron chi connectivity index (χ2n) is 7.27. The Morgan fingerprint density at radius 3 is 2.34 bits per heavy atom. The van der Waals surface area contributed by atoms with E-state index in [1.165, 1.54) is 5.56 Å². The lowest BCUT2D eigenvalue weighted by Crippen LogP contribution is -2.15. The third kappa shape index (κ3) is 5.75. The van der Waals surface area contributed by atoms with Gasteiger partial charge in [0.1, 0.15) is 10.8 Å². The van der Waals surface area contributed by atoms with Crippen LogP contribution >= 0.6 is 22.9 Å². The fourth-order valence-corrected chi connectivity index (χ4v) is 4.12. The van der Waals surface area contributed by atoms with Gasteiger partial charge in [0, 0.05) is 27.2 Å². The van der Waals surface area contributed by atoms with Crippen molar-refractivity contribution in [3.8, 4) is 27.6 Å². The van der Waals surface area contributed by atoms with Gasteiger partial charge in [0.2, 0.25) is 5.91 Å². The average molecular weight is 463 g/mol. The van der Waals surface area contributed by atoms with Crippen molar-refractivity contribution in [1.29, 1.82) is 0 Å². The molecule has 0 bridgehead atoms. The SMILES string of the molecule is CCc1ccc(OCCC(=O)Nc2ccc(-c3csc(-c4ccc(Cl)cc4)n3)cc2)cc1. The maximum Gasteiger partial charge on any atom is 0.227 e. The second kappa shape index (κ2) is 10.4. The number of thiazole rings is 1. The van der Waals surface area contributed by atoms with Gasteiger partial charge in [-0.05, 0) is 48.4 Å². The number of amides is 1. The van der Waals surface area contributed by atoms with Crippen molar-refractivity contribution in [1.82, 2.24) is 4.98 Å². The molecule has 6 heteroatoms. The highest BCUT2D eigenvalue weighted by Crippen LogP contribution is 2.30. The Balaban J connectivity index is 1.29. The number of aromatic nitrogens is 1. The van der Waals surface area contributed by atoms with Crippen LogP contribution in [0.4, 0.5) is 5.69 Å². The van der Waals surface area contributed by atoms with E-state index in [9.17, 15) is 4.79 Å². The van der Waals surface area contributed by atoms with E-state index in [2.05, 4.69) is 12.2 Å². The molecule has 1 N–H and O–H groups in total. The van der Waals surface area contributed by atoms with Gasteiger partial charge in [-0.25, -0.2) is 4.98 Å². The zero-order valence-corrected chi connectivity index (χ0v) is 19.2. The minimum Gasteiger partial charge on any atom is -0.493 e. The third-order valence-electron chi connectivity index (χ3n) is 4.99. The zero-order chi connectivity index (χ0) is 22.3. The van der Waals surface area contributed by atoms with Crippen molar-refractivity contribution in [2.75, 3.05) is 11.9 Å². The lowest BCUT2D eigenvalue weighted by atomic mass is 10.1. The van der Waals surface area contributed by atoms with Crippen molar-refractivity contribution in [2.24, 2.45) is 0 Å². The van der Waals surface area contributed by atoms with Crippen molar-refractivity contribution in [3.05, 3.63) is 88.8 Å². The molecule has 0 saturated heterocycles. The van der Waals surface area contributed by atoms with Crippen LogP contribution in [0.1, 0.15) is 18.9 Å².